The summed E-state index contributed by atoms with van der Waals surface area (Å²) in [5, 5.41) is 0. The van der Waals surface area contributed by atoms with Crippen molar-refractivity contribution in [3.8, 4) is 0 Å². The Kier molecular flexibility index (Phi) is 3.24. The van der Waals surface area contributed by atoms with Crippen LogP contribution in [0.4, 0.5) is 5.82 Å². The van der Waals surface area contributed by atoms with Crippen LogP contribution in [-0.4, -0.2) is 22.6 Å². The molecule has 0 saturated carbocycles. The summed E-state index contributed by atoms with van der Waals surface area (Å²) in [6.45, 7) is 5.32. The quantitative estimate of drug-likeness (QED) is 0.735. The van der Waals surface area contributed by atoms with Gasteiger partial charge in [-0.3, -0.25) is 0 Å². The number of aryl methyl sites for hydroxylation is 1. The highest BCUT2D eigenvalue weighted by Gasteiger charge is 2.20. The molecule has 3 nitrogen and oxygen atoms in total. The molecule has 0 N–H and O–H groups in total. The normalized spacial score (nSPS) is 21.8. The lowest BCUT2D eigenvalue weighted by molar-refractivity contribution is 0.480. The Morgan fingerprint density at radius 1 is 1.40 bits per heavy atom. The Balaban J connectivity index is 2.27. The first-order valence-electron chi connectivity index (χ1n) is 5.44. The van der Waals surface area contributed by atoms with E-state index in [-0.39, 0.29) is 0 Å². The second-order valence-electron chi connectivity index (χ2n) is 4.13. The number of halogens is 1. The van der Waals surface area contributed by atoms with Crippen molar-refractivity contribution in [3.05, 3.63) is 16.5 Å². The van der Waals surface area contributed by atoms with Gasteiger partial charge in [0.25, 0.3) is 0 Å². The van der Waals surface area contributed by atoms with Crippen molar-refractivity contribution >= 4 is 21.7 Å². The van der Waals surface area contributed by atoms with Crippen molar-refractivity contribution in [1.82, 2.24) is 9.97 Å². The maximum absolute atomic E-state index is 4.49. The number of rotatable bonds is 1. The van der Waals surface area contributed by atoms with Gasteiger partial charge in [0.05, 0.1) is 0 Å². The minimum Gasteiger partial charge on any atom is -0.354 e. The van der Waals surface area contributed by atoms with E-state index in [0.29, 0.717) is 6.04 Å². The Morgan fingerprint density at radius 2 is 2.20 bits per heavy atom. The molecule has 1 aliphatic heterocycles. The average molecular weight is 270 g/mol. The molecule has 2 rings (SSSR count). The summed E-state index contributed by atoms with van der Waals surface area (Å²) in [5.41, 5.74) is 0. The third-order valence-corrected chi connectivity index (χ3v) is 3.30. The van der Waals surface area contributed by atoms with Crippen molar-refractivity contribution in [2.24, 2.45) is 0 Å². The zero-order valence-electron chi connectivity index (χ0n) is 9.20. The zero-order valence-corrected chi connectivity index (χ0v) is 10.8. The lowest BCUT2D eigenvalue weighted by atomic mass is 10.0. The zero-order chi connectivity index (χ0) is 10.8. The number of nitrogens with zero attached hydrogens (tertiary/aromatic N) is 3. The van der Waals surface area contributed by atoms with Crippen molar-refractivity contribution in [2.75, 3.05) is 11.4 Å². The fourth-order valence-electron chi connectivity index (χ4n) is 2.10. The first kappa shape index (κ1) is 10.9. The van der Waals surface area contributed by atoms with E-state index >= 15 is 0 Å². The molecule has 1 saturated heterocycles. The van der Waals surface area contributed by atoms with Gasteiger partial charge in [0.1, 0.15) is 16.2 Å². The predicted molar refractivity (Wildman–Crippen MR) is 65.1 cm³/mol. The first-order valence-corrected chi connectivity index (χ1v) is 6.24. The van der Waals surface area contributed by atoms with Gasteiger partial charge in [-0.05, 0) is 49.0 Å². The predicted octanol–water partition coefficient (Wildman–Crippen LogP) is 2.93. The maximum Gasteiger partial charge on any atom is 0.133 e. The molecule has 1 atom stereocenters. The molecule has 0 amide bonds. The molecule has 1 aromatic heterocycles. The second kappa shape index (κ2) is 4.47. The van der Waals surface area contributed by atoms with E-state index in [1.807, 2.05) is 13.0 Å². The highest BCUT2D eigenvalue weighted by Crippen LogP contribution is 2.24. The van der Waals surface area contributed by atoms with Crippen molar-refractivity contribution in [1.29, 1.82) is 0 Å². The molecule has 0 aromatic carbocycles. The molecule has 0 bridgehead atoms. The van der Waals surface area contributed by atoms with Crippen molar-refractivity contribution in [2.45, 2.75) is 39.2 Å². The summed E-state index contributed by atoms with van der Waals surface area (Å²) >= 11 is 3.42. The van der Waals surface area contributed by atoms with Gasteiger partial charge in [0, 0.05) is 18.7 Å². The van der Waals surface area contributed by atoms with Crippen LogP contribution in [-0.2, 0) is 0 Å². The molecule has 1 aromatic rings. The molecular formula is C11H16BrN3. The largest absolute Gasteiger partial charge is 0.354 e. The fraction of sp³-hybridized carbons (Fsp3) is 0.636. The number of aromatic nitrogens is 2. The van der Waals surface area contributed by atoms with Gasteiger partial charge < -0.3 is 4.90 Å². The minimum absolute atomic E-state index is 0.597. The molecule has 4 heteroatoms. The van der Waals surface area contributed by atoms with E-state index in [1.165, 1.54) is 19.3 Å². The molecule has 2 heterocycles. The van der Waals surface area contributed by atoms with Crippen LogP contribution in [0.15, 0.2) is 10.7 Å². The number of hydrogen-bond acceptors (Lipinski definition) is 3. The first-order chi connectivity index (χ1) is 7.16. The number of piperidine rings is 1. The van der Waals surface area contributed by atoms with Crippen LogP contribution in [0.5, 0.6) is 0 Å². The van der Waals surface area contributed by atoms with Crippen LogP contribution >= 0.6 is 15.9 Å². The Morgan fingerprint density at radius 3 is 2.87 bits per heavy atom. The highest BCUT2D eigenvalue weighted by molar-refractivity contribution is 9.10. The Hall–Kier alpha value is -0.640. The molecular weight excluding hydrogens is 254 g/mol. The SMILES string of the molecule is Cc1nc(Br)cc(N2CCCCC2C)n1. The minimum atomic E-state index is 0.597. The lowest BCUT2D eigenvalue weighted by Gasteiger charge is -2.34. The summed E-state index contributed by atoms with van der Waals surface area (Å²) < 4.78 is 0.878. The summed E-state index contributed by atoms with van der Waals surface area (Å²) in [5.74, 6) is 1.89. The third-order valence-electron chi connectivity index (χ3n) is 2.89. The standard InChI is InChI=1S/C11H16BrN3/c1-8-5-3-4-6-15(8)11-7-10(12)13-9(2)14-11/h7-8H,3-6H2,1-2H3. The van der Waals surface area contributed by atoms with E-state index < -0.39 is 0 Å². The second-order valence-corrected chi connectivity index (χ2v) is 4.95. The molecule has 1 fully saturated rings. The molecule has 82 valence electrons. The third kappa shape index (κ3) is 2.48. The van der Waals surface area contributed by atoms with Gasteiger partial charge in [-0.1, -0.05) is 0 Å². The molecule has 0 aliphatic carbocycles. The van der Waals surface area contributed by atoms with Gasteiger partial charge in [0.2, 0.25) is 0 Å². The van der Waals surface area contributed by atoms with E-state index in [1.54, 1.807) is 0 Å². The van der Waals surface area contributed by atoms with E-state index in [9.17, 15) is 0 Å². The molecule has 1 unspecified atom stereocenters. The van der Waals surface area contributed by atoms with Crippen molar-refractivity contribution < 1.29 is 0 Å². The number of hydrogen-bond donors (Lipinski definition) is 0. The summed E-state index contributed by atoms with van der Waals surface area (Å²) in [4.78, 5) is 11.1. The lowest BCUT2D eigenvalue weighted by Crippen LogP contribution is -2.38. The Bertz CT molecular complexity index is 333. The average Bonchev–Trinajstić information content (AvgIpc) is 2.16. The van der Waals surface area contributed by atoms with E-state index in [2.05, 4.69) is 37.7 Å². The summed E-state index contributed by atoms with van der Waals surface area (Å²) in [7, 11) is 0. The molecule has 0 spiro atoms. The molecule has 0 radical (unpaired) electrons. The molecule has 1 aliphatic rings. The van der Waals surface area contributed by atoms with Crippen LogP contribution in [0.2, 0.25) is 0 Å². The molecule has 15 heavy (non-hydrogen) atoms. The van der Waals surface area contributed by atoms with Crippen LogP contribution < -0.4 is 4.90 Å². The summed E-state index contributed by atoms with van der Waals surface area (Å²) in [6.07, 6.45) is 3.87. The van der Waals surface area contributed by atoms with Crippen molar-refractivity contribution in [3.63, 3.8) is 0 Å². The van der Waals surface area contributed by atoms with E-state index in [4.69, 9.17) is 0 Å². The van der Waals surface area contributed by atoms with E-state index in [0.717, 1.165) is 22.8 Å². The number of anilines is 1. The van der Waals surface area contributed by atoms with Crippen LogP contribution in [0.25, 0.3) is 0 Å². The highest BCUT2D eigenvalue weighted by atomic mass is 79.9. The smallest absolute Gasteiger partial charge is 0.133 e. The van der Waals surface area contributed by atoms with Gasteiger partial charge in [0.15, 0.2) is 0 Å². The summed E-state index contributed by atoms with van der Waals surface area (Å²) in [6, 6.07) is 2.61. The fourth-order valence-corrected chi connectivity index (χ4v) is 2.56. The Labute approximate surface area is 99.0 Å². The van der Waals surface area contributed by atoms with Gasteiger partial charge in [-0.2, -0.15) is 0 Å². The van der Waals surface area contributed by atoms with Crippen LogP contribution in [0.1, 0.15) is 32.0 Å². The van der Waals surface area contributed by atoms with Gasteiger partial charge in [-0.15, -0.1) is 0 Å². The van der Waals surface area contributed by atoms with Crippen LogP contribution in [0, 0.1) is 6.92 Å². The maximum atomic E-state index is 4.49. The topological polar surface area (TPSA) is 29.0 Å². The van der Waals surface area contributed by atoms with Crippen LogP contribution in [0.3, 0.4) is 0 Å². The monoisotopic (exact) mass is 269 g/mol. The van der Waals surface area contributed by atoms with Gasteiger partial charge >= 0.3 is 0 Å². The van der Waals surface area contributed by atoms with Gasteiger partial charge in [-0.25, -0.2) is 9.97 Å².